The number of hydrogen-bond acceptors (Lipinski definition) is 3. The molecule has 0 atom stereocenters. The summed E-state index contributed by atoms with van der Waals surface area (Å²) in [4.78, 5) is 3.91. The minimum absolute atomic E-state index is 0.189. The van der Waals surface area contributed by atoms with Gasteiger partial charge in [-0.3, -0.25) is 9.67 Å². The lowest BCUT2D eigenvalue weighted by atomic mass is 10.3. The highest BCUT2D eigenvalue weighted by Crippen LogP contribution is 2.06. The molecule has 0 unspecified atom stereocenters. The largest absolute Gasteiger partial charge is 0.505 e. The molecule has 0 aromatic carbocycles. The second kappa shape index (κ2) is 3.26. The van der Waals surface area contributed by atoms with E-state index in [0.717, 1.165) is 5.56 Å². The number of aromatic nitrogens is 3. The van der Waals surface area contributed by atoms with Crippen LogP contribution in [0.3, 0.4) is 0 Å². The summed E-state index contributed by atoms with van der Waals surface area (Å²) in [5, 5.41) is 13.0. The first-order valence-electron chi connectivity index (χ1n) is 3.95. The van der Waals surface area contributed by atoms with Gasteiger partial charge in [0.25, 0.3) is 0 Å². The van der Waals surface area contributed by atoms with E-state index in [1.807, 2.05) is 12.1 Å². The lowest BCUT2D eigenvalue weighted by Crippen LogP contribution is -1.99. The van der Waals surface area contributed by atoms with Crippen LogP contribution >= 0.6 is 0 Å². The summed E-state index contributed by atoms with van der Waals surface area (Å²) in [6.45, 7) is 0.656. The molecule has 66 valence electrons. The van der Waals surface area contributed by atoms with E-state index in [0.29, 0.717) is 6.54 Å². The van der Waals surface area contributed by atoms with E-state index in [-0.39, 0.29) is 5.75 Å². The zero-order valence-corrected chi connectivity index (χ0v) is 6.96. The van der Waals surface area contributed by atoms with Crippen molar-refractivity contribution in [2.75, 3.05) is 0 Å². The second-order valence-corrected chi connectivity index (χ2v) is 2.75. The van der Waals surface area contributed by atoms with E-state index >= 15 is 0 Å². The van der Waals surface area contributed by atoms with Crippen LogP contribution in [-0.2, 0) is 6.54 Å². The third-order valence-electron chi connectivity index (χ3n) is 1.71. The summed E-state index contributed by atoms with van der Waals surface area (Å²) in [5.41, 5.74) is 1.11. The third-order valence-corrected chi connectivity index (χ3v) is 1.71. The molecule has 2 aromatic rings. The highest BCUT2D eigenvalue weighted by Gasteiger charge is 1.96. The van der Waals surface area contributed by atoms with Crippen molar-refractivity contribution in [3.05, 3.63) is 42.5 Å². The molecule has 0 radical (unpaired) electrons. The fourth-order valence-corrected chi connectivity index (χ4v) is 1.11. The van der Waals surface area contributed by atoms with Crippen molar-refractivity contribution in [3.8, 4) is 5.75 Å². The molecule has 0 spiro atoms. The van der Waals surface area contributed by atoms with E-state index < -0.39 is 0 Å². The van der Waals surface area contributed by atoms with Gasteiger partial charge in [-0.05, 0) is 17.7 Å². The number of nitrogens with zero attached hydrogens (tertiary/aromatic N) is 3. The normalized spacial score (nSPS) is 10.2. The van der Waals surface area contributed by atoms with Crippen molar-refractivity contribution >= 4 is 0 Å². The first-order valence-corrected chi connectivity index (χ1v) is 3.95. The Labute approximate surface area is 75.5 Å². The molecule has 2 heterocycles. The Hall–Kier alpha value is -1.84. The summed E-state index contributed by atoms with van der Waals surface area (Å²) >= 11 is 0. The molecule has 0 aliphatic heterocycles. The van der Waals surface area contributed by atoms with Gasteiger partial charge in [-0.15, -0.1) is 0 Å². The molecule has 13 heavy (non-hydrogen) atoms. The first-order chi connectivity index (χ1) is 6.34. The van der Waals surface area contributed by atoms with Gasteiger partial charge in [-0.1, -0.05) is 0 Å². The van der Waals surface area contributed by atoms with Gasteiger partial charge in [0.2, 0.25) is 0 Å². The minimum Gasteiger partial charge on any atom is -0.505 e. The summed E-state index contributed by atoms with van der Waals surface area (Å²) < 4.78 is 1.67. The average molecular weight is 175 g/mol. The van der Waals surface area contributed by atoms with Crippen LogP contribution in [0.15, 0.2) is 36.9 Å². The van der Waals surface area contributed by atoms with Crippen LogP contribution in [0.4, 0.5) is 0 Å². The van der Waals surface area contributed by atoms with Crippen LogP contribution in [0.25, 0.3) is 0 Å². The number of pyridine rings is 1. The maximum atomic E-state index is 9.04. The molecule has 0 saturated carbocycles. The molecular formula is C9H9N3O. The molecule has 0 bridgehead atoms. The van der Waals surface area contributed by atoms with Crippen LogP contribution in [0.1, 0.15) is 5.56 Å². The summed E-state index contributed by atoms with van der Waals surface area (Å²) in [6, 6.07) is 3.83. The number of rotatable bonds is 2. The smallest absolute Gasteiger partial charge is 0.153 e. The standard InChI is InChI=1S/C9H9N3O/c13-9-5-11-12(7-9)6-8-1-3-10-4-2-8/h1-5,7,13H,6H2. The molecule has 4 heteroatoms. The van der Waals surface area contributed by atoms with Crippen molar-refractivity contribution in [3.63, 3.8) is 0 Å². The van der Waals surface area contributed by atoms with Gasteiger partial charge < -0.3 is 5.11 Å². The maximum Gasteiger partial charge on any atom is 0.153 e. The highest BCUT2D eigenvalue weighted by atomic mass is 16.3. The molecule has 1 N–H and O–H groups in total. The van der Waals surface area contributed by atoms with Gasteiger partial charge in [0.05, 0.1) is 18.9 Å². The van der Waals surface area contributed by atoms with Crippen molar-refractivity contribution < 1.29 is 5.11 Å². The number of hydrogen-bond donors (Lipinski definition) is 1. The molecule has 2 aromatic heterocycles. The van der Waals surface area contributed by atoms with Gasteiger partial charge in [0, 0.05) is 12.4 Å². The third kappa shape index (κ3) is 1.84. The van der Waals surface area contributed by atoms with Crippen molar-refractivity contribution in [2.45, 2.75) is 6.54 Å². The zero-order valence-electron chi connectivity index (χ0n) is 6.96. The predicted octanol–water partition coefficient (Wildman–Crippen LogP) is 1.03. The molecule has 0 aliphatic rings. The van der Waals surface area contributed by atoms with Crippen LogP contribution in [0.5, 0.6) is 5.75 Å². The fourth-order valence-electron chi connectivity index (χ4n) is 1.11. The molecule has 0 aliphatic carbocycles. The van der Waals surface area contributed by atoms with Crippen molar-refractivity contribution in [1.82, 2.24) is 14.8 Å². The maximum absolute atomic E-state index is 9.04. The summed E-state index contributed by atoms with van der Waals surface area (Å²) in [5.74, 6) is 0.189. The molecule has 0 amide bonds. The zero-order chi connectivity index (χ0) is 9.10. The average Bonchev–Trinajstić information content (AvgIpc) is 2.53. The monoisotopic (exact) mass is 175 g/mol. The van der Waals surface area contributed by atoms with Crippen molar-refractivity contribution in [2.24, 2.45) is 0 Å². The molecule has 0 fully saturated rings. The topological polar surface area (TPSA) is 50.9 Å². The van der Waals surface area contributed by atoms with E-state index in [2.05, 4.69) is 10.1 Å². The van der Waals surface area contributed by atoms with Crippen LogP contribution < -0.4 is 0 Å². The van der Waals surface area contributed by atoms with Gasteiger partial charge in [0.1, 0.15) is 0 Å². The van der Waals surface area contributed by atoms with Gasteiger partial charge in [-0.25, -0.2) is 0 Å². The molecule has 2 rings (SSSR count). The van der Waals surface area contributed by atoms with E-state index in [9.17, 15) is 0 Å². The van der Waals surface area contributed by atoms with Gasteiger partial charge in [-0.2, -0.15) is 5.10 Å². The molecule has 4 nitrogen and oxygen atoms in total. The van der Waals surface area contributed by atoms with E-state index in [4.69, 9.17) is 5.11 Å². The quantitative estimate of drug-likeness (QED) is 0.741. The Morgan fingerprint density at radius 2 is 2.08 bits per heavy atom. The van der Waals surface area contributed by atoms with Crippen LogP contribution in [0, 0.1) is 0 Å². The predicted molar refractivity (Wildman–Crippen MR) is 47.2 cm³/mol. The lowest BCUT2D eigenvalue weighted by molar-refractivity contribution is 0.474. The Morgan fingerprint density at radius 3 is 2.69 bits per heavy atom. The lowest BCUT2D eigenvalue weighted by Gasteiger charge is -1.99. The SMILES string of the molecule is Oc1cnn(Cc2ccncc2)c1. The fraction of sp³-hybridized carbons (Fsp3) is 0.111. The van der Waals surface area contributed by atoms with E-state index in [1.54, 1.807) is 23.3 Å². The highest BCUT2D eigenvalue weighted by molar-refractivity contribution is 5.13. The summed E-state index contributed by atoms with van der Waals surface area (Å²) in [7, 11) is 0. The number of aromatic hydroxyl groups is 1. The van der Waals surface area contributed by atoms with Crippen molar-refractivity contribution in [1.29, 1.82) is 0 Å². The first kappa shape index (κ1) is 7.79. The van der Waals surface area contributed by atoms with Gasteiger partial charge >= 0.3 is 0 Å². The second-order valence-electron chi connectivity index (χ2n) is 2.75. The van der Waals surface area contributed by atoms with Gasteiger partial charge in [0.15, 0.2) is 5.75 Å². The Kier molecular flexibility index (Phi) is 1.96. The Morgan fingerprint density at radius 1 is 1.31 bits per heavy atom. The molecular weight excluding hydrogens is 166 g/mol. The Balaban J connectivity index is 2.15. The van der Waals surface area contributed by atoms with Crippen LogP contribution in [-0.4, -0.2) is 19.9 Å². The minimum atomic E-state index is 0.189. The summed E-state index contributed by atoms with van der Waals surface area (Å²) in [6.07, 6.45) is 6.47. The molecule has 0 saturated heterocycles. The van der Waals surface area contributed by atoms with Crippen LogP contribution in [0.2, 0.25) is 0 Å². The van der Waals surface area contributed by atoms with E-state index in [1.165, 1.54) is 6.20 Å². The Bertz CT molecular complexity index is 383.